The molecule has 0 aromatic carbocycles. The van der Waals surface area contributed by atoms with E-state index in [1.807, 2.05) is 0 Å². The van der Waals surface area contributed by atoms with E-state index in [0.717, 1.165) is 24.9 Å². The van der Waals surface area contributed by atoms with Gasteiger partial charge >= 0.3 is 0 Å². The summed E-state index contributed by atoms with van der Waals surface area (Å²) in [5.74, 6) is 0. The molecule has 0 saturated carbocycles. The zero-order valence-electron chi connectivity index (χ0n) is 8.48. The van der Waals surface area contributed by atoms with Gasteiger partial charge in [0.1, 0.15) is 6.07 Å². The van der Waals surface area contributed by atoms with Crippen molar-refractivity contribution in [3.63, 3.8) is 0 Å². The Balaban J connectivity index is 2.10. The number of hydrogen-bond donors (Lipinski definition) is 1. The quantitative estimate of drug-likeness (QED) is 0.744. The molecular weight excluding hydrogens is 186 g/mol. The fraction of sp³-hybridized carbons (Fsp3) is 0.333. The number of nitriles is 1. The minimum absolute atomic E-state index is 0.436. The van der Waals surface area contributed by atoms with Gasteiger partial charge in [-0.15, -0.1) is 0 Å². The van der Waals surface area contributed by atoms with E-state index < -0.39 is 0 Å². The maximum atomic E-state index is 8.92. The lowest BCUT2D eigenvalue weighted by Crippen LogP contribution is -2.20. The highest BCUT2D eigenvalue weighted by atomic mass is 14.9. The third kappa shape index (κ3) is 2.35. The molecule has 0 aliphatic heterocycles. The molecule has 1 heterocycles. The van der Waals surface area contributed by atoms with Gasteiger partial charge in [-0.05, 0) is 25.3 Å². The molecule has 0 radical (unpaired) electrons. The first-order chi connectivity index (χ1) is 7.40. The molecule has 3 nitrogen and oxygen atoms in total. The van der Waals surface area contributed by atoms with Crippen molar-refractivity contribution in [1.82, 2.24) is 4.98 Å². The summed E-state index contributed by atoms with van der Waals surface area (Å²) >= 11 is 0. The van der Waals surface area contributed by atoms with Gasteiger partial charge in [-0.3, -0.25) is 4.98 Å². The minimum atomic E-state index is 0.436. The summed E-state index contributed by atoms with van der Waals surface area (Å²) in [5, 5.41) is 12.3. The van der Waals surface area contributed by atoms with Crippen LogP contribution in [0, 0.1) is 11.3 Å². The first-order valence-corrected chi connectivity index (χ1v) is 5.16. The predicted octanol–water partition coefficient (Wildman–Crippen LogP) is 2.47. The number of rotatable bonds is 2. The predicted molar refractivity (Wildman–Crippen MR) is 59.4 cm³/mol. The van der Waals surface area contributed by atoms with Crippen molar-refractivity contribution in [2.24, 2.45) is 0 Å². The number of nitrogens with zero attached hydrogens (tertiary/aromatic N) is 2. The molecule has 1 N–H and O–H groups in total. The van der Waals surface area contributed by atoms with E-state index in [1.54, 1.807) is 18.5 Å². The Labute approximate surface area is 89.5 Å². The van der Waals surface area contributed by atoms with E-state index in [1.165, 1.54) is 0 Å². The van der Waals surface area contributed by atoms with Crippen molar-refractivity contribution in [3.05, 3.63) is 36.2 Å². The summed E-state index contributed by atoms with van der Waals surface area (Å²) in [5.41, 5.74) is 1.51. The highest BCUT2D eigenvalue weighted by molar-refractivity contribution is 5.56. The molecule has 15 heavy (non-hydrogen) atoms. The molecular formula is C12H13N3. The number of allylic oxidation sites excluding steroid dienone is 1. The Kier molecular flexibility index (Phi) is 2.99. The molecule has 1 aromatic heterocycles. The number of hydrogen-bond acceptors (Lipinski definition) is 3. The second kappa shape index (κ2) is 4.61. The van der Waals surface area contributed by atoms with Crippen molar-refractivity contribution in [2.75, 3.05) is 5.32 Å². The van der Waals surface area contributed by atoms with Crippen molar-refractivity contribution in [1.29, 1.82) is 5.26 Å². The fourth-order valence-corrected chi connectivity index (χ4v) is 1.75. The van der Waals surface area contributed by atoms with E-state index in [-0.39, 0.29) is 0 Å². The van der Waals surface area contributed by atoms with Gasteiger partial charge < -0.3 is 5.32 Å². The molecule has 0 fully saturated rings. The molecule has 1 unspecified atom stereocenters. The van der Waals surface area contributed by atoms with Gasteiger partial charge in [-0.25, -0.2) is 0 Å². The van der Waals surface area contributed by atoms with E-state index in [2.05, 4.69) is 28.5 Å². The number of anilines is 1. The van der Waals surface area contributed by atoms with Gasteiger partial charge in [0, 0.05) is 12.2 Å². The normalized spacial score (nSPS) is 19.5. The highest BCUT2D eigenvalue weighted by Gasteiger charge is 2.11. The number of aromatic nitrogens is 1. The van der Waals surface area contributed by atoms with Gasteiger partial charge in [-0.1, -0.05) is 12.2 Å². The Morgan fingerprint density at radius 1 is 1.47 bits per heavy atom. The molecule has 1 atom stereocenters. The summed E-state index contributed by atoms with van der Waals surface area (Å²) in [6, 6.07) is 4.34. The lowest BCUT2D eigenvalue weighted by molar-refractivity contribution is 0.644. The van der Waals surface area contributed by atoms with Crippen LogP contribution in [0.15, 0.2) is 30.6 Å². The number of nitrogens with one attached hydrogen (secondary N) is 1. The summed E-state index contributed by atoms with van der Waals surface area (Å²) in [7, 11) is 0. The van der Waals surface area contributed by atoms with Gasteiger partial charge in [0.15, 0.2) is 0 Å². The number of pyridine rings is 1. The van der Waals surface area contributed by atoms with Crippen LogP contribution in [0.2, 0.25) is 0 Å². The Hall–Kier alpha value is -1.82. The molecule has 0 saturated heterocycles. The molecule has 2 rings (SSSR count). The zero-order valence-corrected chi connectivity index (χ0v) is 8.48. The van der Waals surface area contributed by atoms with Crippen molar-refractivity contribution < 1.29 is 0 Å². The molecule has 0 amide bonds. The van der Waals surface area contributed by atoms with E-state index in [0.29, 0.717) is 11.6 Å². The largest absolute Gasteiger partial charge is 0.380 e. The van der Waals surface area contributed by atoms with E-state index >= 15 is 0 Å². The van der Waals surface area contributed by atoms with Crippen LogP contribution in [0.25, 0.3) is 0 Å². The third-order valence-electron chi connectivity index (χ3n) is 2.57. The van der Waals surface area contributed by atoms with Gasteiger partial charge in [0.05, 0.1) is 17.4 Å². The first-order valence-electron chi connectivity index (χ1n) is 5.16. The topological polar surface area (TPSA) is 48.7 Å². The van der Waals surface area contributed by atoms with Crippen LogP contribution in [0.4, 0.5) is 5.69 Å². The Morgan fingerprint density at radius 2 is 2.40 bits per heavy atom. The summed E-state index contributed by atoms with van der Waals surface area (Å²) < 4.78 is 0. The Morgan fingerprint density at radius 3 is 3.13 bits per heavy atom. The van der Waals surface area contributed by atoms with Crippen molar-refractivity contribution in [2.45, 2.75) is 25.3 Å². The van der Waals surface area contributed by atoms with Crippen LogP contribution in [0.1, 0.15) is 24.8 Å². The Bertz CT molecular complexity index is 404. The fourth-order valence-electron chi connectivity index (χ4n) is 1.75. The van der Waals surface area contributed by atoms with Gasteiger partial charge in [0.2, 0.25) is 0 Å². The molecule has 3 heteroatoms. The van der Waals surface area contributed by atoms with Crippen LogP contribution in [0.5, 0.6) is 0 Å². The highest BCUT2D eigenvalue weighted by Crippen LogP contribution is 2.19. The van der Waals surface area contributed by atoms with Crippen LogP contribution >= 0.6 is 0 Å². The lowest BCUT2D eigenvalue weighted by Gasteiger charge is -2.20. The van der Waals surface area contributed by atoms with Crippen LogP contribution in [-0.4, -0.2) is 11.0 Å². The van der Waals surface area contributed by atoms with Crippen LogP contribution in [0.3, 0.4) is 0 Å². The summed E-state index contributed by atoms with van der Waals surface area (Å²) in [4.78, 5) is 4.03. The lowest BCUT2D eigenvalue weighted by atomic mass is 10.0. The molecule has 1 aliphatic carbocycles. The summed E-state index contributed by atoms with van der Waals surface area (Å²) in [6.07, 6.45) is 11.0. The molecule has 1 aromatic rings. The smallest absolute Gasteiger partial charge is 0.101 e. The van der Waals surface area contributed by atoms with E-state index in [9.17, 15) is 0 Å². The van der Waals surface area contributed by atoms with Crippen LogP contribution < -0.4 is 5.32 Å². The van der Waals surface area contributed by atoms with Crippen molar-refractivity contribution >= 4 is 5.69 Å². The molecule has 1 aliphatic rings. The van der Waals surface area contributed by atoms with Crippen LogP contribution in [-0.2, 0) is 0 Å². The average molecular weight is 199 g/mol. The van der Waals surface area contributed by atoms with Crippen molar-refractivity contribution in [3.8, 4) is 6.07 Å². The van der Waals surface area contributed by atoms with Gasteiger partial charge in [-0.2, -0.15) is 5.26 Å². The van der Waals surface area contributed by atoms with Gasteiger partial charge in [0.25, 0.3) is 0 Å². The maximum absolute atomic E-state index is 8.92. The average Bonchev–Trinajstić information content (AvgIpc) is 2.31. The molecule has 76 valence electrons. The van der Waals surface area contributed by atoms with E-state index in [4.69, 9.17) is 5.26 Å². The monoisotopic (exact) mass is 199 g/mol. The molecule has 0 bridgehead atoms. The standard InChI is InChI=1S/C12H13N3/c13-8-10-6-7-14-9-12(10)15-11-4-2-1-3-5-11/h1-2,6-7,9,11,15H,3-5H2. The molecule has 0 spiro atoms. The summed E-state index contributed by atoms with van der Waals surface area (Å²) in [6.45, 7) is 0. The third-order valence-corrected chi connectivity index (χ3v) is 2.57. The first kappa shape index (κ1) is 9.72. The SMILES string of the molecule is N#Cc1ccncc1NC1CC=CCC1. The maximum Gasteiger partial charge on any atom is 0.101 e. The second-order valence-corrected chi connectivity index (χ2v) is 3.66. The zero-order chi connectivity index (χ0) is 10.5. The second-order valence-electron chi connectivity index (χ2n) is 3.66. The minimum Gasteiger partial charge on any atom is -0.380 e.